The average molecular weight is 450 g/mol. The fraction of sp³-hybridized carbons (Fsp3) is 0.269. The first-order valence-electron chi connectivity index (χ1n) is 11.9. The third-order valence-electron chi connectivity index (χ3n) is 4.80. The summed E-state index contributed by atoms with van der Waals surface area (Å²) in [6, 6.07) is 3.99. The first kappa shape index (κ1) is 19.9. The van der Waals surface area contributed by atoms with Crippen molar-refractivity contribution in [3.8, 4) is 11.8 Å². The third-order valence-corrected chi connectivity index (χ3v) is 4.80. The van der Waals surface area contributed by atoms with Gasteiger partial charge in [0.25, 0.3) is 0 Å². The largest absolute Gasteiger partial charge is 0.494 e. The zero-order chi connectivity index (χ0) is 26.6. The van der Waals surface area contributed by atoms with Gasteiger partial charge in [-0.3, -0.25) is 9.78 Å². The molecule has 6 nitrogen and oxygen atoms in total. The minimum Gasteiger partial charge on any atom is -0.494 e. The molecule has 0 amide bonds. The van der Waals surface area contributed by atoms with Crippen molar-refractivity contribution in [1.82, 2.24) is 9.88 Å². The number of hydrogen-bond acceptors (Lipinski definition) is 6. The van der Waals surface area contributed by atoms with Crippen molar-refractivity contribution in [1.29, 1.82) is 5.26 Å². The Hall–Kier alpha value is -3.76. The van der Waals surface area contributed by atoms with E-state index in [0.29, 0.717) is 35.4 Å². The van der Waals surface area contributed by atoms with Crippen LogP contribution in [0.5, 0.6) is 5.75 Å². The second-order valence-corrected chi connectivity index (χ2v) is 7.69. The van der Waals surface area contributed by atoms with Crippen LogP contribution >= 0.6 is 0 Å². The van der Waals surface area contributed by atoms with E-state index in [4.69, 9.17) is 8.85 Å². The van der Waals surface area contributed by atoms with E-state index in [1.54, 1.807) is 18.2 Å². The molecule has 33 heavy (non-hydrogen) atoms. The van der Waals surface area contributed by atoms with E-state index in [1.807, 2.05) is 32.0 Å². The smallest absolute Gasteiger partial charge is 0.159 e. The Labute approximate surface area is 197 Å². The Kier molecular flexibility index (Phi) is 6.45. The van der Waals surface area contributed by atoms with Gasteiger partial charge in [0.1, 0.15) is 17.6 Å². The third kappa shape index (κ3) is 5.93. The van der Waals surface area contributed by atoms with Crippen LogP contribution in [0.15, 0.2) is 48.6 Å². The number of hydrogen-bond donors (Lipinski definition) is 1. The van der Waals surface area contributed by atoms with Gasteiger partial charge in [0.2, 0.25) is 0 Å². The summed E-state index contributed by atoms with van der Waals surface area (Å²) >= 11 is 0. The topological polar surface area (TPSA) is 78.2 Å². The lowest BCUT2D eigenvalue weighted by Gasteiger charge is -2.15. The molecule has 3 rings (SSSR count). The highest BCUT2D eigenvalue weighted by molar-refractivity contribution is 5.98. The highest BCUT2D eigenvalue weighted by Gasteiger charge is 2.16. The van der Waals surface area contributed by atoms with Gasteiger partial charge >= 0.3 is 0 Å². The lowest BCUT2D eigenvalue weighted by atomic mass is 10.0. The fourth-order valence-electron chi connectivity index (χ4n) is 3.23. The van der Waals surface area contributed by atoms with Gasteiger partial charge in [-0.1, -0.05) is 6.08 Å². The number of aromatic nitrogens is 1. The number of benzene rings is 2. The van der Waals surface area contributed by atoms with Gasteiger partial charge in [0, 0.05) is 41.9 Å². The van der Waals surface area contributed by atoms with Crippen molar-refractivity contribution >= 4 is 28.1 Å². The standard InChI is InChI=1S/C26H27FN4O2/c1-5-33-25-14-24-22(13-18(25)12-21(32)7-6-10-31(3)4)26(19(15-28)16-29-24)30-20-8-9-23(27)17(2)11-20/h6-9,11,13-14,16H,5,10,12H2,1-4H3,(H,29,30)/b7-6+/i8D,9D,11D. The molecule has 1 N–H and O–H groups in total. The fourth-order valence-corrected chi connectivity index (χ4v) is 3.23. The van der Waals surface area contributed by atoms with Crippen LogP contribution in [-0.2, 0) is 11.2 Å². The van der Waals surface area contributed by atoms with Crippen molar-refractivity contribution in [3.63, 3.8) is 0 Å². The van der Waals surface area contributed by atoms with Crippen molar-refractivity contribution in [2.75, 3.05) is 32.6 Å². The van der Waals surface area contributed by atoms with E-state index < -0.39 is 17.9 Å². The summed E-state index contributed by atoms with van der Waals surface area (Å²) in [5.41, 5.74) is 1.24. The highest BCUT2D eigenvalue weighted by Crippen LogP contribution is 2.34. The Morgan fingerprint density at radius 2 is 2.18 bits per heavy atom. The number of rotatable bonds is 9. The molecule has 2 aromatic carbocycles. The van der Waals surface area contributed by atoms with Crippen LogP contribution in [0.25, 0.3) is 10.9 Å². The molecule has 0 saturated heterocycles. The molecule has 0 fully saturated rings. The van der Waals surface area contributed by atoms with E-state index in [9.17, 15) is 14.4 Å². The van der Waals surface area contributed by atoms with Gasteiger partial charge in [-0.2, -0.15) is 5.26 Å². The van der Waals surface area contributed by atoms with Crippen molar-refractivity contribution in [2.24, 2.45) is 0 Å². The predicted molar refractivity (Wildman–Crippen MR) is 128 cm³/mol. The number of carbonyl (C=O) groups excluding carboxylic acids is 1. The van der Waals surface area contributed by atoms with Gasteiger partial charge in [-0.05, 0) is 63.8 Å². The first-order valence-corrected chi connectivity index (χ1v) is 10.4. The predicted octanol–water partition coefficient (Wildman–Crippen LogP) is 4.93. The van der Waals surface area contributed by atoms with Gasteiger partial charge < -0.3 is 15.0 Å². The molecular formula is C26H27FN4O2. The maximum atomic E-state index is 14.2. The summed E-state index contributed by atoms with van der Waals surface area (Å²) in [6.45, 7) is 4.17. The SMILES string of the molecule is [2H]c1c([2H])c(Nc2c(C#N)cnc3cc(OCC)c(CC(=O)/C=C/CN(C)C)cc23)c([2H])c(C)c1F. The normalized spacial score (nSPS) is 12.5. The Bertz CT molecular complexity index is 1370. The molecule has 0 radical (unpaired) electrons. The van der Waals surface area contributed by atoms with E-state index in [1.165, 1.54) is 19.2 Å². The number of allylic oxidation sites excluding steroid dienone is 1. The van der Waals surface area contributed by atoms with E-state index >= 15 is 0 Å². The van der Waals surface area contributed by atoms with E-state index in [-0.39, 0.29) is 40.7 Å². The molecular weight excluding hydrogens is 419 g/mol. The number of carbonyl (C=O) groups is 1. The molecule has 0 saturated carbocycles. The van der Waals surface area contributed by atoms with Gasteiger partial charge in [0.05, 0.1) is 27.5 Å². The summed E-state index contributed by atoms with van der Waals surface area (Å²) in [6.07, 6.45) is 4.68. The van der Waals surface area contributed by atoms with Gasteiger partial charge in [-0.15, -0.1) is 0 Å². The molecule has 1 aromatic heterocycles. The number of fused-ring (bicyclic) bond motifs is 1. The number of likely N-dealkylation sites (N-methyl/N-ethyl adjacent to an activating group) is 1. The van der Waals surface area contributed by atoms with Crippen LogP contribution < -0.4 is 10.1 Å². The number of anilines is 2. The second kappa shape index (κ2) is 10.7. The summed E-state index contributed by atoms with van der Waals surface area (Å²) in [7, 11) is 3.80. The zero-order valence-electron chi connectivity index (χ0n) is 22.0. The minimum absolute atomic E-state index is 0.0470. The van der Waals surface area contributed by atoms with Crippen LogP contribution in [0.1, 0.15) is 27.7 Å². The van der Waals surface area contributed by atoms with E-state index in [2.05, 4.69) is 10.3 Å². The Morgan fingerprint density at radius 1 is 1.39 bits per heavy atom. The molecule has 0 aliphatic carbocycles. The first-order chi connectivity index (χ1) is 17.1. The van der Waals surface area contributed by atoms with Crippen LogP contribution in [0.2, 0.25) is 0 Å². The zero-order valence-corrected chi connectivity index (χ0v) is 19.0. The summed E-state index contributed by atoms with van der Waals surface area (Å²) in [5, 5.41) is 13.1. The van der Waals surface area contributed by atoms with Crippen molar-refractivity contribution in [2.45, 2.75) is 20.3 Å². The number of nitrogens with one attached hydrogen (secondary N) is 1. The number of ether oxygens (including phenoxy) is 1. The number of pyridine rings is 1. The number of nitriles is 1. The van der Waals surface area contributed by atoms with Crippen LogP contribution in [0.3, 0.4) is 0 Å². The van der Waals surface area contributed by atoms with Crippen LogP contribution in [0, 0.1) is 24.1 Å². The molecule has 0 unspecified atom stereocenters. The lowest BCUT2D eigenvalue weighted by molar-refractivity contribution is -0.114. The number of halogens is 1. The number of nitrogens with zero attached hydrogens (tertiary/aromatic N) is 3. The molecule has 0 bridgehead atoms. The molecule has 1 heterocycles. The average Bonchev–Trinajstić information content (AvgIpc) is 2.84. The summed E-state index contributed by atoms with van der Waals surface area (Å²) in [5.74, 6) is -0.581. The molecule has 0 atom stereocenters. The molecule has 3 aromatic rings. The highest BCUT2D eigenvalue weighted by atomic mass is 19.1. The van der Waals surface area contributed by atoms with E-state index in [0.717, 1.165) is 0 Å². The Morgan fingerprint density at radius 3 is 2.88 bits per heavy atom. The minimum atomic E-state index is -0.930. The molecule has 170 valence electrons. The van der Waals surface area contributed by atoms with Gasteiger partial charge in [0.15, 0.2) is 5.78 Å². The lowest BCUT2D eigenvalue weighted by Crippen LogP contribution is -2.11. The summed E-state index contributed by atoms with van der Waals surface area (Å²) in [4.78, 5) is 18.9. The van der Waals surface area contributed by atoms with Crippen LogP contribution in [0.4, 0.5) is 15.8 Å². The maximum absolute atomic E-state index is 14.2. The van der Waals surface area contributed by atoms with Crippen molar-refractivity contribution in [3.05, 3.63) is 71.1 Å². The summed E-state index contributed by atoms with van der Waals surface area (Å²) < 4.78 is 44.4. The monoisotopic (exact) mass is 449 g/mol. The number of ketones is 1. The molecule has 7 heteroatoms. The quantitative estimate of drug-likeness (QED) is 0.467. The van der Waals surface area contributed by atoms with Crippen LogP contribution in [-0.4, -0.2) is 42.9 Å². The Balaban J connectivity index is 2.17. The molecule has 0 spiro atoms. The maximum Gasteiger partial charge on any atom is 0.159 e. The molecule has 0 aliphatic heterocycles. The second-order valence-electron chi connectivity index (χ2n) is 7.69. The van der Waals surface area contributed by atoms with Gasteiger partial charge in [-0.25, -0.2) is 4.39 Å². The molecule has 0 aliphatic rings. The van der Waals surface area contributed by atoms with Crippen molar-refractivity contribution < 1.29 is 18.0 Å².